The Hall–Kier alpha value is -1.78. The highest BCUT2D eigenvalue weighted by Crippen LogP contribution is 2.42. The van der Waals surface area contributed by atoms with E-state index in [0.717, 1.165) is 17.8 Å². The zero-order valence-electron chi connectivity index (χ0n) is 13.5. The first-order valence-corrected chi connectivity index (χ1v) is 9.72. The summed E-state index contributed by atoms with van der Waals surface area (Å²) in [6.45, 7) is 5.15. The van der Waals surface area contributed by atoms with Gasteiger partial charge >= 0.3 is 0 Å². The average molecular weight is 370 g/mol. The van der Waals surface area contributed by atoms with Crippen LogP contribution in [0.15, 0.2) is 21.6 Å². The van der Waals surface area contributed by atoms with Crippen LogP contribution in [-0.2, 0) is 10.0 Å². The first-order valence-electron chi connectivity index (χ1n) is 7.43. The van der Waals surface area contributed by atoms with Gasteiger partial charge in [-0.15, -0.1) is 10.2 Å². The van der Waals surface area contributed by atoms with Crippen molar-refractivity contribution in [1.82, 2.24) is 14.9 Å². The molecule has 1 aliphatic rings. The summed E-state index contributed by atoms with van der Waals surface area (Å²) in [5.41, 5.74) is -0.653. The van der Waals surface area contributed by atoms with E-state index in [-0.39, 0.29) is 10.9 Å². The molecule has 8 nitrogen and oxygen atoms in total. The molecule has 0 radical (unpaired) electrons. The lowest BCUT2D eigenvalue weighted by atomic mass is 10.1. The van der Waals surface area contributed by atoms with Crippen molar-refractivity contribution in [3.8, 4) is 0 Å². The van der Waals surface area contributed by atoms with Gasteiger partial charge in [0.05, 0.1) is 0 Å². The molecule has 2 heterocycles. The Morgan fingerprint density at radius 2 is 2.00 bits per heavy atom. The van der Waals surface area contributed by atoms with Gasteiger partial charge in [-0.25, -0.2) is 13.1 Å². The largest absolute Gasteiger partial charge is 0.438 e. The van der Waals surface area contributed by atoms with Crippen molar-refractivity contribution < 1.29 is 17.6 Å². The molecule has 1 amide bonds. The third-order valence-corrected chi connectivity index (χ3v) is 5.73. The number of furan rings is 1. The van der Waals surface area contributed by atoms with Crippen LogP contribution in [0.1, 0.15) is 55.1 Å². The van der Waals surface area contributed by atoms with Crippen LogP contribution in [0, 0.1) is 0 Å². The van der Waals surface area contributed by atoms with Crippen molar-refractivity contribution in [2.24, 2.45) is 0 Å². The van der Waals surface area contributed by atoms with Crippen LogP contribution in [0.25, 0.3) is 0 Å². The van der Waals surface area contributed by atoms with Crippen LogP contribution < -0.4 is 10.0 Å². The van der Waals surface area contributed by atoms with E-state index in [9.17, 15) is 13.2 Å². The number of carbonyl (C=O) groups excluding carboxylic acids is 1. The second kappa shape index (κ2) is 5.94. The van der Waals surface area contributed by atoms with E-state index in [4.69, 9.17) is 4.42 Å². The van der Waals surface area contributed by atoms with Gasteiger partial charge in [0.25, 0.3) is 15.9 Å². The second-order valence-corrected chi connectivity index (χ2v) is 9.27. The predicted molar refractivity (Wildman–Crippen MR) is 88.6 cm³/mol. The molecule has 2 aromatic heterocycles. The van der Waals surface area contributed by atoms with Crippen LogP contribution in [0.3, 0.4) is 0 Å². The molecule has 10 heteroatoms. The zero-order chi connectivity index (χ0) is 17.5. The van der Waals surface area contributed by atoms with Crippen molar-refractivity contribution in [2.45, 2.75) is 50.2 Å². The number of hydrogen-bond acceptors (Lipinski definition) is 7. The molecule has 1 aliphatic carbocycles. The summed E-state index contributed by atoms with van der Waals surface area (Å²) >= 11 is 1.32. The lowest BCUT2D eigenvalue weighted by Crippen LogP contribution is -2.40. The quantitative estimate of drug-likeness (QED) is 0.835. The van der Waals surface area contributed by atoms with Crippen LogP contribution in [0.4, 0.5) is 5.13 Å². The molecule has 130 valence electrons. The van der Waals surface area contributed by atoms with Gasteiger partial charge in [0.1, 0.15) is 5.01 Å². The maximum Gasteiger partial charge on any atom is 0.293 e. The van der Waals surface area contributed by atoms with Crippen molar-refractivity contribution in [3.05, 3.63) is 22.9 Å². The van der Waals surface area contributed by atoms with Gasteiger partial charge < -0.3 is 4.42 Å². The number of hydrogen-bond donors (Lipinski definition) is 2. The Kier molecular flexibility index (Phi) is 4.22. The van der Waals surface area contributed by atoms with E-state index in [1.165, 1.54) is 23.5 Å². The number of aromatic nitrogens is 2. The van der Waals surface area contributed by atoms with Crippen LogP contribution >= 0.6 is 11.3 Å². The number of nitrogens with one attached hydrogen (secondary N) is 2. The number of rotatable bonds is 5. The first kappa shape index (κ1) is 17.1. The molecule has 0 unspecified atom stereocenters. The van der Waals surface area contributed by atoms with Gasteiger partial charge in [-0.1, -0.05) is 11.3 Å². The normalized spacial score (nSPS) is 15.5. The van der Waals surface area contributed by atoms with E-state index in [0.29, 0.717) is 11.0 Å². The Bertz CT molecular complexity index is 859. The van der Waals surface area contributed by atoms with Gasteiger partial charge in [0.2, 0.25) is 10.2 Å². The predicted octanol–water partition coefficient (Wildman–Crippen LogP) is 2.34. The zero-order valence-corrected chi connectivity index (χ0v) is 15.1. The first-order chi connectivity index (χ1) is 11.1. The minimum Gasteiger partial charge on any atom is -0.438 e. The molecule has 0 aromatic carbocycles. The summed E-state index contributed by atoms with van der Waals surface area (Å²) in [6.07, 6.45) is 2.20. The highest BCUT2D eigenvalue weighted by Gasteiger charge is 2.29. The number of amides is 1. The molecule has 3 rings (SSSR count). The second-order valence-electron chi connectivity index (χ2n) is 6.65. The Morgan fingerprint density at radius 3 is 2.62 bits per heavy atom. The lowest BCUT2D eigenvalue weighted by molar-refractivity contribution is 0.0991. The van der Waals surface area contributed by atoms with Gasteiger partial charge in [-0.2, -0.15) is 0 Å². The third kappa shape index (κ3) is 4.00. The minimum absolute atomic E-state index is 0.104. The highest BCUT2D eigenvalue weighted by molar-refractivity contribution is 7.89. The molecule has 0 atom stereocenters. The Labute approximate surface area is 143 Å². The minimum atomic E-state index is -3.82. The van der Waals surface area contributed by atoms with Crippen molar-refractivity contribution in [2.75, 3.05) is 5.32 Å². The standard InChI is InChI=1S/C14H18N4O4S2/c1-14(2,3)18-24(20,21)10-7-6-9(22-10)11(19)15-13-17-16-12(23-13)8-4-5-8/h6-8,18H,4-5H2,1-3H3,(H,15,17,19). The Balaban J connectivity index is 1.71. The Morgan fingerprint density at radius 1 is 1.29 bits per heavy atom. The van der Waals surface area contributed by atoms with Crippen LogP contribution in [-0.4, -0.2) is 30.1 Å². The van der Waals surface area contributed by atoms with E-state index in [1.807, 2.05) is 0 Å². The SMILES string of the molecule is CC(C)(C)NS(=O)(=O)c1ccc(C(=O)Nc2nnc(C3CC3)s2)o1. The van der Waals surface area contributed by atoms with Gasteiger partial charge in [-0.3, -0.25) is 10.1 Å². The average Bonchev–Trinajstić information content (AvgIpc) is 2.99. The van der Waals surface area contributed by atoms with E-state index in [1.54, 1.807) is 20.8 Å². The molecule has 0 spiro atoms. The fourth-order valence-corrected chi connectivity index (χ4v) is 4.24. The number of anilines is 1. The van der Waals surface area contributed by atoms with E-state index < -0.39 is 21.5 Å². The maximum absolute atomic E-state index is 12.2. The molecule has 24 heavy (non-hydrogen) atoms. The highest BCUT2D eigenvalue weighted by atomic mass is 32.2. The monoisotopic (exact) mass is 370 g/mol. The third-order valence-electron chi connectivity index (χ3n) is 3.10. The summed E-state index contributed by atoms with van der Waals surface area (Å²) in [7, 11) is -3.82. The summed E-state index contributed by atoms with van der Waals surface area (Å²) in [4.78, 5) is 12.2. The molecule has 1 fully saturated rings. The van der Waals surface area contributed by atoms with Crippen molar-refractivity contribution >= 4 is 32.4 Å². The van der Waals surface area contributed by atoms with Crippen LogP contribution in [0.5, 0.6) is 0 Å². The molecule has 1 saturated carbocycles. The summed E-state index contributed by atoms with van der Waals surface area (Å²) in [5.74, 6) is -0.213. The lowest BCUT2D eigenvalue weighted by Gasteiger charge is -2.18. The molecule has 2 N–H and O–H groups in total. The summed E-state index contributed by atoms with van der Waals surface area (Å²) in [6, 6.07) is 2.56. The molecular weight excluding hydrogens is 352 g/mol. The van der Waals surface area contributed by atoms with E-state index in [2.05, 4.69) is 20.2 Å². The fraction of sp³-hybridized carbons (Fsp3) is 0.500. The molecule has 2 aromatic rings. The van der Waals surface area contributed by atoms with Gasteiger partial charge in [0, 0.05) is 11.5 Å². The van der Waals surface area contributed by atoms with Crippen molar-refractivity contribution in [3.63, 3.8) is 0 Å². The fourth-order valence-electron chi connectivity index (χ4n) is 1.98. The molecular formula is C14H18N4O4S2. The molecule has 0 bridgehead atoms. The van der Waals surface area contributed by atoms with Crippen molar-refractivity contribution in [1.29, 1.82) is 0 Å². The molecule has 0 aliphatic heterocycles. The molecule has 0 saturated heterocycles. The smallest absolute Gasteiger partial charge is 0.293 e. The summed E-state index contributed by atoms with van der Waals surface area (Å²) in [5, 5.41) is 11.5. The van der Waals surface area contributed by atoms with Gasteiger partial charge in [-0.05, 0) is 45.7 Å². The van der Waals surface area contributed by atoms with E-state index >= 15 is 0 Å². The van der Waals surface area contributed by atoms with Gasteiger partial charge in [0.15, 0.2) is 5.76 Å². The number of sulfonamides is 1. The van der Waals surface area contributed by atoms with Crippen LogP contribution in [0.2, 0.25) is 0 Å². The maximum atomic E-state index is 12.2. The number of nitrogens with zero attached hydrogens (tertiary/aromatic N) is 2. The topological polar surface area (TPSA) is 114 Å². The summed E-state index contributed by atoms with van der Waals surface area (Å²) < 4.78 is 32.0. The number of carbonyl (C=O) groups is 1.